The number of hydrogen-bond acceptors (Lipinski definition) is 2. The molecule has 4 nitrogen and oxygen atoms in total. The van der Waals surface area contributed by atoms with Crippen molar-refractivity contribution in [2.24, 2.45) is 0 Å². The number of aliphatic carboxylic acids is 2. The van der Waals surface area contributed by atoms with Crippen LogP contribution in [0.4, 0.5) is 0 Å². The Labute approximate surface area is 150 Å². The summed E-state index contributed by atoms with van der Waals surface area (Å²) in [5.74, 6) is -3.65. The van der Waals surface area contributed by atoms with Crippen molar-refractivity contribution in [3.8, 4) is 0 Å². The molecule has 0 aromatic heterocycles. The van der Waals surface area contributed by atoms with Crippen molar-refractivity contribution in [1.82, 2.24) is 0 Å². The van der Waals surface area contributed by atoms with E-state index < -0.39 is 11.9 Å². The molecule has 0 heterocycles. The van der Waals surface area contributed by atoms with Gasteiger partial charge in [-0.25, -0.2) is 9.59 Å². The van der Waals surface area contributed by atoms with Crippen molar-refractivity contribution in [2.75, 3.05) is 0 Å². The van der Waals surface area contributed by atoms with E-state index in [1.54, 1.807) is 0 Å². The maximum absolute atomic E-state index is 9.10. The number of carbonyl (C=O) groups is 2. The van der Waals surface area contributed by atoms with Gasteiger partial charge in [0.1, 0.15) is 0 Å². The van der Waals surface area contributed by atoms with Crippen LogP contribution in [0, 0.1) is 0 Å². The fraction of sp³-hybridized carbons (Fsp3) is 0.900. The summed E-state index contributed by atoms with van der Waals surface area (Å²) in [5, 5.41) is 14.8. The zero-order valence-electron chi connectivity index (χ0n) is 16.6. The predicted molar refractivity (Wildman–Crippen MR) is 103 cm³/mol. The Morgan fingerprint density at radius 3 is 0.750 bits per heavy atom. The van der Waals surface area contributed by atoms with Gasteiger partial charge in [-0.05, 0) is 0 Å². The molecule has 0 aromatic carbocycles. The van der Waals surface area contributed by atoms with Crippen LogP contribution in [0.1, 0.15) is 118 Å². The molecule has 0 aliphatic carbocycles. The van der Waals surface area contributed by atoms with E-state index in [0.717, 1.165) is 0 Å². The van der Waals surface area contributed by atoms with Crippen molar-refractivity contribution in [2.45, 2.75) is 118 Å². The predicted octanol–water partition coefficient (Wildman–Crippen LogP) is 6.67. The second-order valence-electron chi connectivity index (χ2n) is 6.15. The molecule has 146 valence electrons. The van der Waals surface area contributed by atoms with Gasteiger partial charge in [0.25, 0.3) is 0 Å². The highest BCUT2D eigenvalue weighted by molar-refractivity contribution is 6.27. The molecule has 0 aliphatic heterocycles. The van der Waals surface area contributed by atoms with E-state index in [-0.39, 0.29) is 0 Å². The van der Waals surface area contributed by atoms with E-state index in [2.05, 4.69) is 27.7 Å². The Morgan fingerprint density at radius 1 is 0.458 bits per heavy atom. The first-order chi connectivity index (χ1) is 11.5. The minimum Gasteiger partial charge on any atom is -0.473 e. The lowest BCUT2D eigenvalue weighted by atomic mass is 10.1. The molecule has 0 unspecified atom stereocenters. The number of rotatable bonds is 12. The van der Waals surface area contributed by atoms with Crippen molar-refractivity contribution < 1.29 is 19.8 Å². The molecule has 0 fully saturated rings. The summed E-state index contributed by atoms with van der Waals surface area (Å²) in [5.41, 5.74) is 0. The fourth-order valence-corrected chi connectivity index (χ4v) is 2.06. The van der Waals surface area contributed by atoms with Gasteiger partial charge in [0.2, 0.25) is 0 Å². The third kappa shape index (κ3) is 37.3. The molecule has 0 amide bonds. The van der Waals surface area contributed by atoms with Gasteiger partial charge in [-0.2, -0.15) is 0 Å². The summed E-state index contributed by atoms with van der Waals surface area (Å²) >= 11 is 0. The first kappa shape index (κ1) is 27.8. The highest BCUT2D eigenvalue weighted by Gasteiger charge is 2.04. The minimum atomic E-state index is -1.82. The largest absolute Gasteiger partial charge is 0.473 e. The van der Waals surface area contributed by atoms with Gasteiger partial charge in [-0.3, -0.25) is 0 Å². The second-order valence-corrected chi connectivity index (χ2v) is 6.15. The zero-order chi connectivity index (χ0) is 19.1. The summed E-state index contributed by atoms with van der Waals surface area (Å²) in [4.78, 5) is 18.2. The Morgan fingerprint density at radius 2 is 0.625 bits per heavy atom. The molecule has 0 aromatic rings. The molecule has 2 N–H and O–H groups in total. The standard InChI is InChI=1S/2C9H20.C2H2O4/c2*1-3-5-7-9-8-6-4-2;3-1(4)2(5)6/h2*3-9H2,1-2H3;(H,3,4)(H,5,6). The van der Waals surface area contributed by atoms with Crippen LogP contribution in [0.5, 0.6) is 0 Å². The zero-order valence-corrected chi connectivity index (χ0v) is 16.6. The molecular weight excluding hydrogens is 304 g/mol. The van der Waals surface area contributed by atoms with Crippen LogP contribution in [0.15, 0.2) is 0 Å². The van der Waals surface area contributed by atoms with E-state index in [1.807, 2.05) is 0 Å². The van der Waals surface area contributed by atoms with Gasteiger partial charge in [-0.1, -0.05) is 118 Å². The van der Waals surface area contributed by atoms with Crippen molar-refractivity contribution in [3.63, 3.8) is 0 Å². The molecule has 24 heavy (non-hydrogen) atoms. The lowest BCUT2D eigenvalue weighted by Gasteiger charge is -1.96. The fourth-order valence-electron chi connectivity index (χ4n) is 2.06. The number of carboxylic acid groups (broad SMARTS) is 2. The SMILES string of the molecule is CCCCCCCCC.CCCCCCCCC.O=C(O)C(=O)O. The lowest BCUT2D eigenvalue weighted by molar-refractivity contribution is -0.159. The molecule has 0 spiro atoms. The number of carboxylic acids is 2. The molecular formula is C20H42O4. The van der Waals surface area contributed by atoms with Crippen molar-refractivity contribution >= 4 is 11.9 Å². The Bertz CT molecular complexity index is 214. The maximum atomic E-state index is 9.10. The van der Waals surface area contributed by atoms with Crippen LogP contribution < -0.4 is 0 Å². The average molecular weight is 347 g/mol. The Hall–Kier alpha value is -1.06. The highest BCUT2D eigenvalue weighted by atomic mass is 16.4. The molecule has 0 saturated heterocycles. The number of unbranched alkanes of at least 4 members (excludes halogenated alkanes) is 12. The summed E-state index contributed by atoms with van der Waals surface area (Å²) in [6, 6.07) is 0. The van der Waals surface area contributed by atoms with Gasteiger partial charge >= 0.3 is 11.9 Å². The van der Waals surface area contributed by atoms with Crippen molar-refractivity contribution in [3.05, 3.63) is 0 Å². The van der Waals surface area contributed by atoms with E-state index >= 15 is 0 Å². The van der Waals surface area contributed by atoms with Crippen LogP contribution >= 0.6 is 0 Å². The Kier molecular flexibility index (Phi) is 31.0. The van der Waals surface area contributed by atoms with Gasteiger partial charge in [0.05, 0.1) is 0 Å². The molecule has 4 heteroatoms. The van der Waals surface area contributed by atoms with E-state index in [9.17, 15) is 0 Å². The first-order valence-corrected chi connectivity index (χ1v) is 9.93. The summed E-state index contributed by atoms with van der Waals surface area (Å²) in [6.45, 7) is 9.05. The van der Waals surface area contributed by atoms with Crippen LogP contribution in [0.3, 0.4) is 0 Å². The first-order valence-electron chi connectivity index (χ1n) is 9.93. The van der Waals surface area contributed by atoms with Gasteiger partial charge in [0, 0.05) is 0 Å². The lowest BCUT2D eigenvalue weighted by Crippen LogP contribution is -2.09. The van der Waals surface area contributed by atoms with Gasteiger partial charge in [-0.15, -0.1) is 0 Å². The quantitative estimate of drug-likeness (QED) is 0.306. The summed E-state index contributed by atoms with van der Waals surface area (Å²) in [7, 11) is 0. The summed E-state index contributed by atoms with van der Waals surface area (Å²) < 4.78 is 0. The molecule has 0 rings (SSSR count). The van der Waals surface area contributed by atoms with Crippen LogP contribution in [0.25, 0.3) is 0 Å². The van der Waals surface area contributed by atoms with Crippen LogP contribution in [-0.2, 0) is 9.59 Å². The van der Waals surface area contributed by atoms with Crippen LogP contribution in [0.2, 0.25) is 0 Å². The third-order valence-electron chi connectivity index (χ3n) is 3.60. The molecule has 0 radical (unpaired) electrons. The molecule has 0 atom stereocenters. The normalized spacial score (nSPS) is 9.33. The van der Waals surface area contributed by atoms with Crippen LogP contribution in [-0.4, -0.2) is 22.2 Å². The Balaban J connectivity index is -0.000000282. The molecule has 0 aliphatic rings. The summed E-state index contributed by atoms with van der Waals surface area (Å²) in [6.07, 6.45) is 19.9. The monoisotopic (exact) mass is 346 g/mol. The maximum Gasteiger partial charge on any atom is 0.414 e. The van der Waals surface area contributed by atoms with Gasteiger partial charge < -0.3 is 10.2 Å². The van der Waals surface area contributed by atoms with E-state index in [4.69, 9.17) is 19.8 Å². The van der Waals surface area contributed by atoms with E-state index in [0.29, 0.717) is 0 Å². The molecule has 0 saturated carbocycles. The molecule has 0 bridgehead atoms. The average Bonchev–Trinajstić information content (AvgIpc) is 2.56. The van der Waals surface area contributed by atoms with Gasteiger partial charge in [0.15, 0.2) is 0 Å². The minimum absolute atomic E-state index is 1.37. The second kappa shape index (κ2) is 26.8. The smallest absolute Gasteiger partial charge is 0.414 e. The van der Waals surface area contributed by atoms with E-state index in [1.165, 1.54) is 89.9 Å². The third-order valence-corrected chi connectivity index (χ3v) is 3.60. The topological polar surface area (TPSA) is 74.6 Å². The highest BCUT2D eigenvalue weighted by Crippen LogP contribution is 2.06. The van der Waals surface area contributed by atoms with Crippen molar-refractivity contribution in [1.29, 1.82) is 0 Å². The number of hydrogen-bond donors (Lipinski definition) is 2.